The van der Waals surface area contributed by atoms with Crippen LogP contribution in [0.3, 0.4) is 0 Å². The van der Waals surface area contributed by atoms with Gasteiger partial charge in [-0.25, -0.2) is 0 Å². The summed E-state index contributed by atoms with van der Waals surface area (Å²) in [5, 5.41) is 9.42. The van der Waals surface area contributed by atoms with Crippen molar-refractivity contribution >= 4 is 23.5 Å². The fraction of sp³-hybridized carbons (Fsp3) is 0.500. The second kappa shape index (κ2) is 4.47. The Kier molecular flexibility index (Phi) is 3.05. The first-order chi connectivity index (χ1) is 6.86. The first kappa shape index (κ1) is 9.54. The molecular weight excluding hydrogens is 202 g/mol. The first-order valence-electron chi connectivity index (χ1n) is 4.38. The van der Waals surface area contributed by atoms with Gasteiger partial charge in [0.2, 0.25) is 5.91 Å². The van der Waals surface area contributed by atoms with E-state index < -0.39 is 0 Å². The van der Waals surface area contributed by atoms with Crippen LogP contribution in [-0.2, 0) is 4.79 Å². The van der Waals surface area contributed by atoms with Crippen LogP contribution in [0.2, 0.25) is 0 Å². The van der Waals surface area contributed by atoms with Gasteiger partial charge in [-0.2, -0.15) is 11.8 Å². The molecule has 1 saturated heterocycles. The Morgan fingerprint density at radius 1 is 1.79 bits per heavy atom. The number of nitrogens with one attached hydrogen (secondary N) is 2. The standard InChI is InChI=1S/C8H11N3O2S/c12-8(6-5-14-4-2-9-6)10-7-1-3-13-11-7/h1,3,6,9H,2,4-5H2,(H,10,11,12). The lowest BCUT2D eigenvalue weighted by atomic mass is 10.3. The lowest BCUT2D eigenvalue weighted by molar-refractivity contribution is -0.117. The summed E-state index contributed by atoms with van der Waals surface area (Å²) in [4.78, 5) is 11.6. The highest BCUT2D eigenvalue weighted by Gasteiger charge is 2.21. The Morgan fingerprint density at radius 3 is 3.36 bits per heavy atom. The number of rotatable bonds is 2. The molecule has 0 aromatic carbocycles. The zero-order valence-corrected chi connectivity index (χ0v) is 8.34. The highest BCUT2D eigenvalue weighted by atomic mass is 32.2. The molecule has 6 heteroatoms. The topological polar surface area (TPSA) is 67.2 Å². The van der Waals surface area contributed by atoms with E-state index in [2.05, 4.69) is 20.3 Å². The molecule has 5 nitrogen and oxygen atoms in total. The van der Waals surface area contributed by atoms with Crippen molar-refractivity contribution in [3.05, 3.63) is 12.3 Å². The number of hydrogen-bond donors (Lipinski definition) is 2. The number of anilines is 1. The van der Waals surface area contributed by atoms with Crippen LogP contribution in [0.4, 0.5) is 5.82 Å². The van der Waals surface area contributed by atoms with Gasteiger partial charge in [0.05, 0.1) is 6.04 Å². The van der Waals surface area contributed by atoms with Gasteiger partial charge in [-0.1, -0.05) is 5.16 Å². The van der Waals surface area contributed by atoms with Gasteiger partial charge in [-0.3, -0.25) is 4.79 Å². The van der Waals surface area contributed by atoms with Crippen LogP contribution in [0.25, 0.3) is 0 Å². The minimum Gasteiger partial charge on any atom is -0.363 e. The predicted octanol–water partition coefficient (Wildman–Crippen LogP) is 0.318. The maximum absolute atomic E-state index is 11.6. The molecule has 76 valence electrons. The summed E-state index contributed by atoms with van der Waals surface area (Å²) in [6.45, 7) is 0.877. The minimum absolute atomic E-state index is 0.0499. The normalized spacial score (nSPS) is 21.9. The molecule has 1 atom stereocenters. The molecule has 2 rings (SSSR count). The summed E-state index contributed by atoms with van der Waals surface area (Å²) < 4.78 is 4.61. The van der Waals surface area contributed by atoms with Crippen molar-refractivity contribution in [3.63, 3.8) is 0 Å². The van der Waals surface area contributed by atoms with Crippen molar-refractivity contribution in [1.29, 1.82) is 0 Å². The fourth-order valence-corrected chi connectivity index (χ4v) is 2.16. The van der Waals surface area contributed by atoms with Crippen LogP contribution in [0.1, 0.15) is 0 Å². The number of carbonyl (C=O) groups is 1. The van der Waals surface area contributed by atoms with Crippen LogP contribution in [0.5, 0.6) is 0 Å². The second-order valence-electron chi connectivity index (χ2n) is 2.96. The number of thioether (sulfide) groups is 1. The van der Waals surface area contributed by atoms with Gasteiger partial charge >= 0.3 is 0 Å². The van der Waals surface area contributed by atoms with Crippen LogP contribution < -0.4 is 10.6 Å². The third kappa shape index (κ3) is 2.27. The third-order valence-corrected chi connectivity index (χ3v) is 2.99. The molecular formula is C8H11N3O2S. The monoisotopic (exact) mass is 213 g/mol. The summed E-state index contributed by atoms with van der Waals surface area (Å²) in [5.41, 5.74) is 0. The maximum atomic E-state index is 11.6. The van der Waals surface area contributed by atoms with Crippen LogP contribution in [-0.4, -0.2) is 35.2 Å². The number of carbonyl (C=O) groups excluding carboxylic acids is 1. The van der Waals surface area contributed by atoms with Crippen molar-refractivity contribution < 1.29 is 9.32 Å². The van der Waals surface area contributed by atoms with E-state index in [0.717, 1.165) is 18.1 Å². The summed E-state index contributed by atoms with van der Waals surface area (Å²) in [7, 11) is 0. The third-order valence-electron chi connectivity index (χ3n) is 1.93. The van der Waals surface area contributed by atoms with E-state index in [1.165, 1.54) is 6.26 Å². The molecule has 1 aliphatic rings. The molecule has 0 bridgehead atoms. The molecule has 1 aliphatic heterocycles. The first-order valence-corrected chi connectivity index (χ1v) is 5.54. The average Bonchev–Trinajstić information content (AvgIpc) is 2.72. The Hall–Kier alpha value is -1.01. The largest absolute Gasteiger partial charge is 0.363 e. The molecule has 2 N–H and O–H groups in total. The van der Waals surface area contributed by atoms with Gasteiger partial charge in [-0.05, 0) is 0 Å². The van der Waals surface area contributed by atoms with Crippen molar-refractivity contribution in [2.45, 2.75) is 6.04 Å². The molecule has 1 fully saturated rings. The van der Waals surface area contributed by atoms with E-state index in [1.54, 1.807) is 17.8 Å². The highest BCUT2D eigenvalue weighted by molar-refractivity contribution is 7.99. The number of amides is 1. The molecule has 2 heterocycles. The van der Waals surface area contributed by atoms with E-state index >= 15 is 0 Å². The molecule has 1 amide bonds. The summed E-state index contributed by atoms with van der Waals surface area (Å²) in [6, 6.07) is 1.50. The van der Waals surface area contributed by atoms with Crippen molar-refractivity contribution in [2.75, 3.05) is 23.4 Å². The van der Waals surface area contributed by atoms with E-state index in [4.69, 9.17) is 0 Å². The fourth-order valence-electron chi connectivity index (χ4n) is 1.22. The summed E-state index contributed by atoms with van der Waals surface area (Å²) >= 11 is 1.78. The van der Waals surface area contributed by atoms with Crippen LogP contribution in [0.15, 0.2) is 16.9 Å². The van der Waals surface area contributed by atoms with Gasteiger partial charge < -0.3 is 15.2 Å². The Labute approximate surface area is 85.6 Å². The SMILES string of the molecule is O=C(Nc1ccon1)C1CSCCN1. The van der Waals surface area contributed by atoms with E-state index in [9.17, 15) is 4.79 Å². The lowest BCUT2D eigenvalue weighted by Gasteiger charge is -2.21. The molecule has 0 radical (unpaired) electrons. The molecule has 0 spiro atoms. The Balaban J connectivity index is 1.88. The highest BCUT2D eigenvalue weighted by Crippen LogP contribution is 2.09. The van der Waals surface area contributed by atoms with Gasteiger partial charge in [0.1, 0.15) is 6.26 Å². The zero-order valence-electron chi connectivity index (χ0n) is 7.53. The molecule has 1 unspecified atom stereocenters. The van der Waals surface area contributed by atoms with Gasteiger partial charge in [0.15, 0.2) is 5.82 Å². The van der Waals surface area contributed by atoms with Crippen molar-refractivity contribution in [3.8, 4) is 0 Å². The van der Waals surface area contributed by atoms with E-state index in [0.29, 0.717) is 5.82 Å². The number of nitrogens with zero attached hydrogens (tertiary/aromatic N) is 1. The lowest BCUT2D eigenvalue weighted by Crippen LogP contribution is -2.46. The smallest absolute Gasteiger partial charge is 0.243 e. The number of hydrogen-bond acceptors (Lipinski definition) is 5. The van der Waals surface area contributed by atoms with Gasteiger partial charge in [0.25, 0.3) is 0 Å². The van der Waals surface area contributed by atoms with E-state index in [1.807, 2.05) is 0 Å². The van der Waals surface area contributed by atoms with Crippen molar-refractivity contribution in [2.24, 2.45) is 0 Å². The molecule has 14 heavy (non-hydrogen) atoms. The molecule has 0 saturated carbocycles. The van der Waals surface area contributed by atoms with Crippen LogP contribution >= 0.6 is 11.8 Å². The minimum atomic E-state index is -0.120. The molecule has 1 aromatic rings. The summed E-state index contributed by atoms with van der Waals surface area (Å²) in [5.74, 6) is 2.29. The maximum Gasteiger partial charge on any atom is 0.243 e. The Morgan fingerprint density at radius 2 is 2.71 bits per heavy atom. The van der Waals surface area contributed by atoms with E-state index in [-0.39, 0.29) is 11.9 Å². The zero-order chi connectivity index (χ0) is 9.80. The van der Waals surface area contributed by atoms with Crippen LogP contribution in [0, 0.1) is 0 Å². The number of aromatic nitrogens is 1. The van der Waals surface area contributed by atoms with Gasteiger partial charge in [0, 0.05) is 24.1 Å². The summed E-state index contributed by atoms with van der Waals surface area (Å²) in [6.07, 6.45) is 1.43. The molecule has 1 aromatic heterocycles. The second-order valence-corrected chi connectivity index (χ2v) is 4.11. The average molecular weight is 213 g/mol. The Bertz CT molecular complexity index is 296. The van der Waals surface area contributed by atoms with Crippen molar-refractivity contribution in [1.82, 2.24) is 10.5 Å². The van der Waals surface area contributed by atoms with Gasteiger partial charge in [-0.15, -0.1) is 0 Å². The predicted molar refractivity (Wildman–Crippen MR) is 54.2 cm³/mol. The quantitative estimate of drug-likeness (QED) is 0.740. The molecule has 0 aliphatic carbocycles.